The van der Waals surface area contributed by atoms with Gasteiger partial charge in [0.25, 0.3) is 5.78 Å². The van der Waals surface area contributed by atoms with Gasteiger partial charge in [0.2, 0.25) is 5.13 Å². The Bertz CT molecular complexity index is 1520. The number of carbonyl (C=O) groups excluding carboxylic acids is 2. The van der Waals surface area contributed by atoms with Crippen molar-refractivity contribution in [1.82, 2.24) is 19.6 Å². The van der Waals surface area contributed by atoms with Gasteiger partial charge in [0, 0.05) is 6.20 Å². The van der Waals surface area contributed by atoms with Crippen LogP contribution in [0.5, 0.6) is 5.75 Å². The lowest BCUT2D eigenvalue weighted by Gasteiger charge is -2.23. The summed E-state index contributed by atoms with van der Waals surface area (Å²) in [7, 11) is 0. The summed E-state index contributed by atoms with van der Waals surface area (Å²) in [5, 5.41) is 20.7. The second kappa shape index (κ2) is 10.1. The molecule has 37 heavy (non-hydrogen) atoms. The van der Waals surface area contributed by atoms with E-state index >= 15 is 0 Å². The van der Waals surface area contributed by atoms with Gasteiger partial charge in [-0.1, -0.05) is 49.3 Å². The number of aryl methyl sites for hydroxylation is 2. The first-order chi connectivity index (χ1) is 17.9. The van der Waals surface area contributed by atoms with Gasteiger partial charge in [-0.3, -0.25) is 18.9 Å². The van der Waals surface area contributed by atoms with Crippen molar-refractivity contribution in [3.63, 3.8) is 0 Å². The summed E-state index contributed by atoms with van der Waals surface area (Å²) in [5.74, 6) is -1.24. The summed E-state index contributed by atoms with van der Waals surface area (Å²) in [6.45, 7) is 6.23. The molecule has 1 atom stereocenters. The van der Waals surface area contributed by atoms with Crippen molar-refractivity contribution in [2.45, 2.75) is 46.1 Å². The summed E-state index contributed by atoms with van der Waals surface area (Å²) >= 11 is 1.21. The zero-order valence-electron chi connectivity index (χ0n) is 20.8. The molecule has 0 saturated carbocycles. The van der Waals surface area contributed by atoms with Gasteiger partial charge in [0.05, 0.1) is 23.9 Å². The van der Waals surface area contributed by atoms with Crippen molar-refractivity contribution in [2.75, 3.05) is 11.5 Å². The van der Waals surface area contributed by atoms with E-state index in [-0.39, 0.29) is 16.5 Å². The maximum absolute atomic E-state index is 13.5. The molecule has 1 saturated heterocycles. The van der Waals surface area contributed by atoms with E-state index < -0.39 is 17.7 Å². The summed E-state index contributed by atoms with van der Waals surface area (Å²) in [4.78, 5) is 32.7. The standard InChI is InChI=1S/C27H27N5O4S/c1-4-5-8-14-36-19-11-9-10-18(15-19)23-21(25(34)26(35)32(23)27-30-29-17(3)37-27)24(33)22-16(2)28-20-12-6-7-13-31(20)22/h6-7,9-13,15,23,33H,4-5,8,14H2,1-3H3. The number of Topliss-reactive ketones (excluding diaryl/α,β-unsaturated/α-hetero) is 1. The number of imidazole rings is 1. The number of aromatic nitrogens is 4. The number of pyridine rings is 1. The Balaban J connectivity index is 1.67. The predicted molar refractivity (Wildman–Crippen MR) is 141 cm³/mol. The third-order valence-electron chi connectivity index (χ3n) is 6.28. The lowest BCUT2D eigenvalue weighted by Crippen LogP contribution is -2.29. The number of hydrogen-bond acceptors (Lipinski definition) is 8. The Morgan fingerprint density at radius 3 is 2.70 bits per heavy atom. The van der Waals surface area contributed by atoms with Gasteiger partial charge in [-0.25, -0.2) is 4.98 Å². The molecule has 0 spiro atoms. The minimum absolute atomic E-state index is 0.0326. The molecule has 1 N–H and O–H groups in total. The van der Waals surface area contributed by atoms with Gasteiger partial charge in [-0.05, 0) is 50.1 Å². The molecular weight excluding hydrogens is 490 g/mol. The van der Waals surface area contributed by atoms with Crippen LogP contribution in [0, 0.1) is 13.8 Å². The maximum atomic E-state index is 13.5. The van der Waals surface area contributed by atoms with Crippen molar-refractivity contribution >= 4 is 39.6 Å². The van der Waals surface area contributed by atoms with Crippen molar-refractivity contribution < 1.29 is 19.4 Å². The van der Waals surface area contributed by atoms with Crippen LogP contribution in [0.15, 0.2) is 54.2 Å². The number of aliphatic hydroxyl groups is 1. The van der Waals surface area contributed by atoms with Crippen LogP contribution in [-0.2, 0) is 9.59 Å². The molecule has 5 rings (SSSR count). The van der Waals surface area contributed by atoms with Gasteiger partial charge in [-0.15, -0.1) is 10.2 Å². The smallest absolute Gasteiger partial charge is 0.301 e. The summed E-state index contributed by atoms with van der Waals surface area (Å²) < 4.78 is 7.65. The number of ketones is 1. The van der Waals surface area contributed by atoms with E-state index in [0.717, 1.165) is 19.3 Å². The number of hydrogen-bond donors (Lipinski definition) is 1. The van der Waals surface area contributed by atoms with Crippen molar-refractivity contribution in [1.29, 1.82) is 0 Å². The fourth-order valence-electron chi connectivity index (χ4n) is 4.57. The Hall–Kier alpha value is -4.05. The zero-order valence-corrected chi connectivity index (χ0v) is 21.7. The molecule has 4 heterocycles. The molecule has 0 radical (unpaired) electrons. The van der Waals surface area contributed by atoms with E-state index in [2.05, 4.69) is 22.1 Å². The van der Waals surface area contributed by atoms with E-state index in [1.807, 2.05) is 36.4 Å². The summed E-state index contributed by atoms with van der Waals surface area (Å²) in [6, 6.07) is 11.8. The minimum Gasteiger partial charge on any atom is -0.505 e. The number of rotatable bonds is 8. The third-order valence-corrected chi connectivity index (χ3v) is 7.12. The highest BCUT2D eigenvalue weighted by Crippen LogP contribution is 2.43. The van der Waals surface area contributed by atoms with Crippen molar-refractivity contribution in [2.24, 2.45) is 0 Å². The van der Waals surface area contributed by atoms with Crippen LogP contribution >= 0.6 is 11.3 Å². The number of carbonyl (C=O) groups is 2. The van der Waals surface area contributed by atoms with Gasteiger partial charge in [-0.2, -0.15) is 0 Å². The second-order valence-corrected chi connectivity index (χ2v) is 10.0. The highest BCUT2D eigenvalue weighted by molar-refractivity contribution is 7.15. The predicted octanol–water partition coefficient (Wildman–Crippen LogP) is 5.00. The van der Waals surface area contributed by atoms with Gasteiger partial charge >= 0.3 is 5.91 Å². The maximum Gasteiger partial charge on any atom is 0.301 e. The Kier molecular flexibility index (Phi) is 6.75. The van der Waals surface area contributed by atoms with Crippen LogP contribution < -0.4 is 9.64 Å². The number of aliphatic hydroxyl groups excluding tert-OH is 1. The molecule has 1 aliphatic heterocycles. The number of ether oxygens (including phenoxy) is 1. The lowest BCUT2D eigenvalue weighted by molar-refractivity contribution is -0.132. The summed E-state index contributed by atoms with van der Waals surface area (Å²) in [6.07, 6.45) is 4.84. The molecule has 1 aromatic carbocycles. The Morgan fingerprint density at radius 2 is 1.95 bits per heavy atom. The number of benzene rings is 1. The number of unbranched alkanes of at least 4 members (excludes halogenated alkanes) is 2. The van der Waals surface area contributed by atoms with Gasteiger partial charge in [0.1, 0.15) is 22.1 Å². The van der Waals surface area contributed by atoms with E-state index in [4.69, 9.17) is 4.74 Å². The Labute approximate surface area is 218 Å². The van der Waals surface area contributed by atoms with Gasteiger partial charge in [0.15, 0.2) is 5.76 Å². The number of amides is 1. The van der Waals surface area contributed by atoms with E-state index in [0.29, 0.717) is 40.0 Å². The van der Waals surface area contributed by atoms with Gasteiger partial charge < -0.3 is 9.84 Å². The number of fused-ring (bicyclic) bond motifs is 1. The SMILES string of the molecule is CCCCCOc1cccc(C2C(=C(O)c3c(C)nc4ccccn34)C(=O)C(=O)N2c2nnc(C)s2)c1. The zero-order chi connectivity index (χ0) is 26.1. The molecule has 1 unspecified atom stereocenters. The molecule has 0 aliphatic carbocycles. The first-order valence-corrected chi connectivity index (χ1v) is 13.0. The van der Waals surface area contributed by atoms with Crippen LogP contribution in [0.3, 0.4) is 0 Å². The van der Waals surface area contributed by atoms with E-state index in [1.165, 1.54) is 16.2 Å². The van der Waals surface area contributed by atoms with Crippen LogP contribution in [0.4, 0.5) is 5.13 Å². The fourth-order valence-corrected chi connectivity index (χ4v) is 5.29. The van der Waals surface area contributed by atoms with Crippen LogP contribution in [-0.4, -0.2) is 43.0 Å². The second-order valence-electron chi connectivity index (χ2n) is 8.88. The number of nitrogens with zero attached hydrogens (tertiary/aromatic N) is 5. The monoisotopic (exact) mass is 517 g/mol. The summed E-state index contributed by atoms with van der Waals surface area (Å²) in [5.41, 5.74) is 2.10. The molecule has 1 fully saturated rings. The Morgan fingerprint density at radius 1 is 1.11 bits per heavy atom. The van der Waals surface area contributed by atoms with Crippen molar-refractivity contribution in [3.8, 4) is 5.75 Å². The molecule has 1 amide bonds. The van der Waals surface area contributed by atoms with Crippen LogP contribution in [0.2, 0.25) is 0 Å². The first-order valence-electron chi connectivity index (χ1n) is 12.2. The van der Waals surface area contributed by atoms with Crippen molar-refractivity contribution in [3.05, 3.63) is 76.2 Å². The normalized spacial score (nSPS) is 17.2. The molecule has 3 aromatic heterocycles. The fraction of sp³-hybridized carbons (Fsp3) is 0.296. The lowest BCUT2D eigenvalue weighted by atomic mass is 9.96. The average molecular weight is 518 g/mol. The minimum atomic E-state index is -0.916. The van der Waals surface area contributed by atoms with E-state index in [9.17, 15) is 14.7 Å². The number of anilines is 1. The molecule has 4 aromatic rings. The molecule has 1 aliphatic rings. The van der Waals surface area contributed by atoms with Crippen LogP contribution in [0.25, 0.3) is 11.4 Å². The largest absolute Gasteiger partial charge is 0.505 e. The molecule has 190 valence electrons. The topological polar surface area (TPSA) is 110 Å². The van der Waals surface area contributed by atoms with Crippen LogP contribution in [0.1, 0.15) is 54.2 Å². The van der Waals surface area contributed by atoms with E-state index in [1.54, 1.807) is 30.5 Å². The highest BCUT2D eigenvalue weighted by atomic mass is 32.1. The average Bonchev–Trinajstić information content (AvgIpc) is 3.54. The molecular formula is C27H27N5O4S. The molecule has 10 heteroatoms. The highest BCUT2D eigenvalue weighted by Gasteiger charge is 2.48. The third kappa shape index (κ3) is 4.48. The molecule has 9 nitrogen and oxygen atoms in total. The molecule has 0 bridgehead atoms. The first kappa shape index (κ1) is 24.6. The quantitative estimate of drug-likeness (QED) is 0.152.